The second-order valence-electron chi connectivity index (χ2n) is 8.36. The lowest BCUT2D eigenvalue weighted by Crippen LogP contribution is -2.46. The van der Waals surface area contributed by atoms with Crippen LogP contribution in [0.4, 0.5) is 4.39 Å². The van der Waals surface area contributed by atoms with Gasteiger partial charge in [0.15, 0.2) is 5.82 Å². The Morgan fingerprint density at radius 3 is 2.48 bits per heavy atom. The fourth-order valence-electron chi connectivity index (χ4n) is 5.10. The van der Waals surface area contributed by atoms with Crippen LogP contribution in [0.25, 0.3) is 5.78 Å². The summed E-state index contributed by atoms with van der Waals surface area (Å²) in [5.74, 6) is 1.35. The van der Waals surface area contributed by atoms with Gasteiger partial charge < -0.3 is 4.90 Å². The number of halogens is 1. The number of rotatable bonds is 3. The summed E-state index contributed by atoms with van der Waals surface area (Å²) in [6.07, 6.45) is 4.15. The van der Waals surface area contributed by atoms with Gasteiger partial charge in [-0.05, 0) is 69.2 Å². The van der Waals surface area contributed by atoms with E-state index in [1.165, 1.54) is 17.7 Å². The zero-order valence-corrected chi connectivity index (χ0v) is 16.7. The highest BCUT2D eigenvalue weighted by molar-refractivity contribution is 5.79. The van der Waals surface area contributed by atoms with Gasteiger partial charge >= 0.3 is 0 Å². The summed E-state index contributed by atoms with van der Waals surface area (Å²) in [5, 5.41) is 4.49. The first kappa shape index (κ1) is 18.2. The monoisotopic (exact) mass is 393 g/mol. The van der Waals surface area contributed by atoms with Crippen molar-refractivity contribution in [2.75, 3.05) is 0 Å². The normalized spacial score (nSPS) is 23.7. The highest BCUT2D eigenvalue weighted by Crippen LogP contribution is 2.43. The van der Waals surface area contributed by atoms with Crippen LogP contribution in [0.1, 0.15) is 54.4 Å². The Kier molecular flexibility index (Phi) is 4.33. The van der Waals surface area contributed by atoms with Gasteiger partial charge in [0.25, 0.3) is 5.78 Å². The van der Waals surface area contributed by atoms with E-state index in [4.69, 9.17) is 0 Å². The van der Waals surface area contributed by atoms with Gasteiger partial charge in [-0.1, -0.05) is 12.1 Å². The molecular formula is C22H24FN5O. The minimum absolute atomic E-state index is 0.0975. The average molecular weight is 393 g/mol. The molecule has 0 spiro atoms. The first-order chi connectivity index (χ1) is 14.0. The number of hydrogen-bond donors (Lipinski definition) is 0. The summed E-state index contributed by atoms with van der Waals surface area (Å²) >= 11 is 0. The summed E-state index contributed by atoms with van der Waals surface area (Å²) in [6, 6.07) is 9.27. The maximum absolute atomic E-state index is 13.2. The second kappa shape index (κ2) is 6.90. The predicted octanol–water partition coefficient (Wildman–Crippen LogP) is 3.36. The molecule has 2 fully saturated rings. The molecule has 0 radical (unpaired) electrons. The molecule has 1 unspecified atom stereocenters. The molecule has 1 aromatic carbocycles. The van der Waals surface area contributed by atoms with Crippen LogP contribution in [0.3, 0.4) is 0 Å². The number of carbonyl (C=O) groups excluding carboxylic acids is 1. The molecule has 3 atom stereocenters. The van der Waals surface area contributed by atoms with Crippen molar-refractivity contribution in [1.29, 1.82) is 0 Å². The average Bonchev–Trinajstić information content (AvgIpc) is 3.20. The van der Waals surface area contributed by atoms with E-state index in [0.717, 1.165) is 37.1 Å². The lowest BCUT2D eigenvalue weighted by Gasteiger charge is -2.39. The number of amides is 1. The summed E-state index contributed by atoms with van der Waals surface area (Å²) in [4.78, 5) is 24.1. The first-order valence-corrected chi connectivity index (χ1v) is 10.2. The van der Waals surface area contributed by atoms with Crippen molar-refractivity contribution in [2.45, 2.75) is 64.0 Å². The van der Waals surface area contributed by atoms with Crippen LogP contribution in [-0.4, -0.2) is 42.5 Å². The molecule has 2 aromatic heterocycles. The number of nitrogens with zero attached hydrogens (tertiary/aromatic N) is 5. The predicted molar refractivity (Wildman–Crippen MR) is 106 cm³/mol. The Morgan fingerprint density at radius 2 is 1.79 bits per heavy atom. The molecule has 2 saturated heterocycles. The fraction of sp³-hybridized carbons (Fsp3) is 0.455. The summed E-state index contributed by atoms with van der Waals surface area (Å²) in [5.41, 5.74) is 3.02. The number of piperidine rings is 1. The van der Waals surface area contributed by atoms with Crippen molar-refractivity contribution in [1.82, 2.24) is 24.5 Å². The van der Waals surface area contributed by atoms with E-state index in [9.17, 15) is 9.18 Å². The number of aromatic nitrogens is 4. The standard InChI is InChI=1S/C22H24FN5O/c1-13-9-14(2)28-22(24-13)25-20(26-28)12-21(29)27-18-7-8-19(27)11-16(10-18)15-3-5-17(23)6-4-15/h3-6,9,16,18-19H,7-8,10-12H2,1-2H3/t16?,18-,19+. The molecule has 1 amide bonds. The van der Waals surface area contributed by atoms with E-state index in [2.05, 4.69) is 20.0 Å². The fourth-order valence-corrected chi connectivity index (χ4v) is 5.10. The second-order valence-corrected chi connectivity index (χ2v) is 8.36. The van der Waals surface area contributed by atoms with Gasteiger partial charge in [-0.3, -0.25) is 4.79 Å². The van der Waals surface area contributed by atoms with Crippen LogP contribution in [0.5, 0.6) is 0 Å². The molecule has 6 nitrogen and oxygen atoms in total. The molecule has 2 aliphatic rings. The van der Waals surface area contributed by atoms with Crippen LogP contribution in [-0.2, 0) is 11.2 Å². The SMILES string of the molecule is Cc1cc(C)n2nc(CC(=O)N3[C@@H]4CC[C@H]3CC(c3ccc(F)cc3)C4)nc2n1. The highest BCUT2D eigenvalue weighted by atomic mass is 19.1. The van der Waals surface area contributed by atoms with Gasteiger partial charge in [0.1, 0.15) is 5.82 Å². The van der Waals surface area contributed by atoms with Crippen LogP contribution >= 0.6 is 0 Å². The molecule has 4 heterocycles. The van der Waals surface area contributed by atoms with Gasteiger partial charge in [-0.15, -0.1) is 5.10 Å². The minimum Gasteiger partial charge on any atom is -0.336 e. The Hall–Kier alpha value is -2.83. The van der Waals surface area contributed by atoms with Crippen LogP contribution < -0.4 is 0 Å². The Balaban J connectivity index is 1.32. The zero-order valence-electron chi connectivity index (χ0n) is 16.7. The number of hydrogen-bond acceptors (Lipinski definition) is 4. The summed E-state index contributed by atoms with van der Waals surface area (Å²) < 4.78 is 14.9. The third-order valence-corrected chi connectivity index (χ3v) is 6.33. The molecule has 2 aliphatic heterocycles. The first-order valence-electron chi connectivity index (χ1n) is 10.2. The highest BCUT2D eigenvalue weighted by Gasteiger charge is 2.43. The number of benzene rings is 1. The van der Waals surface area contributed by atoms with Crippen molar-refractivity contribution < 1.29 is 9.18 Å². The topological polar surface area (TPSA) is 63.4 Å². The van der Waals surface area contributed by atoms with Crippen molar-refractivity contribution in [3.05, 3.63) is 58.9 Å². The molecule has 0 N–H and O–H groups in total. The van der Waals surface area contributed by atoms with Crippen LogP contribution in [0, 0.1) is 19.7 Å². The lowest BCUT2D eigenvalue weighted by molar-refractivity contribution is -0.135. The Bertz CT molecular complexity index is 1060. The Labute approximate surface area is 168 Å². The molecule has 5 rings (SSSR count). The van der Waals surface area contributed by atoms with Gasteiger partial charge in [0, 0.05) is 23.5 Å². The maximum atomic E-state index is 13.2. The Morgan fingerprint density at radius 1 is 1.10 bits per heavy atom. The summed E-state index contributed by atoms with van der Waals surface area (Å²) in [7, 11) is 0. The molecule has 150 valence electrons. The van der Waals surface area contributed by atoms with Crippen LogP contribution in [0.15, 0.2) is 30.3 Å². The molecule has 2 bridgehead atoms. The third kappa shape index (κ3) is 3.28. The molecule has 3 aromatic rings. The molecule has 29 heavy (non-hydrogen) atoms. The largest absolute Gasteiger partial charge is 0.336 e. The van der Waals surface area contributed by atoms with Gasteiger partial charge in [-0.2, -0.15) is 4.98 Å². The van der Waals surface area contributed by atoms with Crippen LogP contribution in [0.2, 0.25) is 0 Å². The van der Waals surface area contributed by atoms with E-state index in [-0.39, 0.29) is 30.2 Å². The maximum Gasteiger partial charge on any atom is 0.252 e. The van der Waals surface area contributed by atoms with Gasteiger partial charge in [-0.25, -0.2) is 13.9 Å². The number of fused-ring (bicyclic) bond motifs is 3. The molecular weight excluding hydrogens is 369 g/mol. The van der Waals surface area contributed by atoms with Crippen molar-refractivity contribution in [3.63, 3.8) is 0 Å². The lowest BCUT2D eigenvalue weighted by atomic mass is 9.85. The zero-order chi connectivity index (χ0) is 20.1. The van der Waals surface area contributed by atoms with E-state index >= 15 is 0 Å². The smallest absolute Gasteiger partial charge is 0.252 e. The number of carbonyl (C=O) groups is 1. The van der Waals surface area contributed by atoms with Gasteiger partial charge in [0.05, 0.1) is 6.42 Å². The minimum atomic E-state index is -0.204. The van der Waals surface area contributed by atoms with E-state index in [0.29, 0.717) is 17.5 Å². The van der Waals surface area contributed by atoms with E-state index < -0.39 is 0 Å². The third-order valence-electron chi connectivity index (χ3n) is 6.33. The molecule has 0 aliphatic carbocycles. The number of aryl methyl sites for hydroxylation is 2. The van der Waals surface area contributed by atoms with Crippen molar-refractivity contribution in [2.24, 2.45) is 0 Å². The molecule has 0 saturated carbocycles. The van der Waals surface area contributed by atoms with E-state index in [1.54, 1.807) is 4.52 Å². The summed E-state index contributed by atoms with van der Waals surface area (Å²) in [6.45, 7) is 3.89. The van der Waals surface area contributed by atoms with Crippen molar-refractivity contribution >= 4 is 11.7 Å². The molecule has 7 heteroatoms. The van der Waals surface area contributed by atoms with E-state index in [1.807, 2.05) is 32.0 Å². The quantitative estimate of drug-likeness (QED) is 0.685. The van der Waals surface area contributed by atoms with Gasteiger partial charge in [0.2, 0.25) is 5.91 Å². The van der Waals surface area contributed by atoms with Crippen molar-refractivity contribution in [3.8, 4) is 0 Å².